The lowest BCUT2D eigenvalue weighted by Crippen LogP contribution is -2.46. The van der Waals surface area contributed by atoms with Crippen LogP contribution in [0.15, 0.2) is 71.3 Å². The Morgan fingerprint density at radius 2 is 1.74 bits per heavy atom. The number of rotatable bonds is 8. The van der Waals surface area contributed by atoms with Crippen LogP contribution >= 0.6 is 0 Å². The average molecular weight is 477 g/mol. The Hall–Kier alpha value is -4.07. The second-order valence-corrected chi connectivity index (χ2v) is 8.36. The number of esters is 1. The van der Waals surface area contributed by atoms with E-state index in [1.54, 1.807) is 61.7 Å². The van der Waals surface area contributed by atoms with Crippen molar-refractivity contribution < 1.29 is 28.3 Å². The van der Waals surface area contributed by atoms with Crippen molar-refractivity contribution in [2.45, 2.75) is 37.8 Å². The van der Waals surface area contributed by atoms with E-state index in [1.165, 1.54) is 24.3 Å². The maximum Gasteiger partial charge on any atom is 0.337 e. The number of hydrogen-bond acceptors (Lipinski definition) is 6. The predicted octanol–water partition coefficient (Wildman–Crippen LogP) is 4.52. The van der Waals surface area contributed by atoms with E-state index in [4.69, 9.17) is 13.9 Å². The molecule has 182 valence electrons. The van der Waals surface area contributed by atoms with Gasteiger partial charge in [-0.3, -0.25) is 14.5 Å². The van der Waals surface area contributed by atoms with E-state index < -0.39 is 17.9 Å². The van der Waals surface area contributed by atoms with Gasteiger partial charge in [-0.25, -0.2) is 4.79 Å². The van der Waals surface area contributed by atoms with Gasteiger partial charge in [0.1, 0.15) is 11.8 Å². The van der Waals surface area contributed by atoms with Gasteiger partial charge in [0.15, 0.2) is 5.76 Å². The van der Waals surface area contributed by atoms with E-state index in [0.717, 1.165) is 25.7 Å². The number of hydrogen-bond donors (Lipinski definition) is 1. The molecule has 0 aliphatic heterocycles. The Morgan fingerprint density at radius 3 is 2.37 bits per heavy atom. The number of methoxy groups -OCH3 is 2. The minimum Gasteiger partial charge on any atom is -0.497 e. The minimum absolute atomic E-state index is 0.0465. The molecule has 1 aromatic heterocycles. The molecule has 1 aliphatic carbocycles. The average Bonchev–Trinajstić information content (AvgIpc) is 3.61. The van der Waals surface area contributed by atoms with Crippen molar-refractivity contribution in [1.29, 1.82) is 0 Å². The second kappa shape index (κ2) is 10.9. The summed E-state index contributed by atoms with van der Waals surface area (Å²) < 4.78 is 15.5. The first kappa shape index (κ1) is 24.1. The largest absolute Gasteiger partial charge is 0.497 e. The van der Waals surface area contributed by atoms with Gasteiger partial charge in [0.05, 0.1) is 26.0 Å². The highest BCUT2D eigenvalue weighted by atomic mass is 16.5. The Morgan fingerprint density at radius 1 is 1.00 bits per heavy atom. The van der Waals surface area contributed by atoms with Gasteiger partial charge < -0.3 is 19.2 Å². The Balaban J connectivity index is 1.83. The molecule has 8 nitrogen and oxygen atoms in total. The molecule has 1 fully saturated rings. The number of nitrogens with zero attached hydrogens (tertiary/aromatic N) is 1. The lowest BCUT2D eigenvalue weighted by molar-refractivity contribution is -0.123. The van der Waals surface area contributed by atoms with Gasteiger partial charge in [-0.05, 0) is 60.9 Å². The molecule has 8 heteroatoms. The molecule has 3 aromatic rings. The van der Waals surface area contributed by atoms with Crippen LogP contribution in [0, 0.1) is 0 Å². The molecule has 1 atom stereocenters. The maximum absolute atomic E-state index is 13.8. The van der Waals surface area contributed by atoms with Crippen LogP contribution in [0.1, 0.15) is 58.2 Å². The molecule has 1 aliphatic rings. The van der Waals surface area contributed by atoms with Crippen molar-refractivity contribution in [1.82, 2.24) is 5.32 Å². The topological polar surface area (TPSA) is 98.1 Å². The number of anilines is 1. The van der Waals surface area contributed by atoms with Crippen LogP contribution < -0.4 is 15.0 Å². The van der Waals surface area contributed by atoms with E-state index in [-0.39, 0.29) is 23.3 Å². The number of furan rings is 1. The molecule has 1 heterocycles. The molecule has 0 saturated heterocycles. The van der Waals surface area contributed by atoms with Crippen LogP contribution in [0.3, 0.4) is 0 Å². The van der Waals surface area contributed by atoms with Crippen LogP contribution in [-0.2, 0) is 9.53 Å². The number of nitrogens with one attached hydrogen (secondary N) is 1. The van der Waals surface area contributed by atoms with Crippen LogP contribution in [0.4, 0.5) is 5.69 Å². The highest BCUT2D eigenvalue weighted by Gasteiger charge is 2.36. The summed E-state index contributed by atoms with van der Waals surface area (Å²) in [7, 11) is 2.85. The molecule has 0 bridgehead atoms. The van der Waals surface area contributed by atoms with E-state index >= 15 is 0 Å². The summed E-state index contributed by atoms with van der Waals surface area (Å²) >= 11 is 0. The van der Waals surface area contributed by atoms with Crippen molar-refractivity contribution in [2.75, 3.05) is 19.1 Å². The number of carbonyl (C=O) groups is 3. The number of benzene rings is 2. The quantitative estimate of drug-likeness (QED) is 0.480. The molecule has 1 unspecified atom stereocenters. The van der Waals surface area contributed by atoms with Gasteiger partial charge in [-0.1, -0.05) is 31.0 Å². The summed E-state index contributed by atoms with van der Waals surface area (Å²) in [5.41, 5.74) is 1.20. The van der Waals surface area contributed by atoms with Crippen LogP contribution in [-0.4, -0.2) is 38.0 Å². The first-order valence-corrected chi connectivity index (χ1v) is 11.5. The van der Waals surface area contributed by atoms with Crippen LogP contribution in [0.2, 0.25) is 0 Å². The maximum atomic E-state index is 13.8. The molecular formula is C27H28N2O6. The first-order chi connectivity index (χ1) is 17.0. The van der Waals surface area contributed by atoms with Crippen LogP contribution in [0.5, 0.6) is 5.75 Å². The van der Waals surface area contributed by atoms with Gasteiger partial charge in [-0.2, -0.15) is 0 Å². The zero-order valence-electron chi connectivity index (χ0n) is 19.7. The molecule has 0 radical (unpaired) electrons. The van der Waals surface area contributed by atoms with Crippen molar-refractivity contribution in [3.8, 4) is 5.75 Å². The Labute approximate surface area is 203 Å². The summed E-state index contributed by atoms with van der Waals surface area (Å²) in [5, 5.41) is 3.12. The summed E-state index contributed by atoms with van der Waals surface area (Å²) in [6.07, 6.45) is 5.29. The van der Waals surface area contributed by atoms with Gasteiger partial charge in [0, 0.05) is 11.7 Å². The SMILES string of the molecule is COC(=O)c1cccc(N(C(=O)c2ccco2)C(C(=O)NC2CCCC2)c2ccc(OC)cc2)c1. The molecule has 35 heavy (non-hydrogen) atoms. The summed E-state index contributed by atoms with van der Waals surface area (Å²) in [6, 6.07) is 15.6. The van der Waals surface area contributed by atoms with E-state index in [1.807, 2.05) is 0 Å². The van der Waals surface area contributed by atoms with Gasteiger partial charge >= 0.3 is 5.97 Å². The fourth-order valence-electron chi connectivity index (χ4n) is 4.36. The highest BCUT2D eigenvalue weighted by Crippen LogP contribution is 2.32. The van der Waals surface area contributed by atoms with Gasteiger partial charge in [0.25, 0.3) is 5.91 Å². The molecule has 2 amide bonds. The zero-order chi connectivity index (χ0) is 24.8. The molecule has 2 aromatic carbocycles. The second-order valence-electron chi connectivity index (χ2n) is 8.36. The fraction of sp³-hybridized carbons (Fsp3) is 0.296. The zero-order valence-corrected chi connectivity index (χ0v) is 19.7. The summed E-state index contributed by atoms with van der Waals surface area (Å²) in [5.74, 6) is -0.681. The number of amides is 2. The Bertz CT molecular complexity index is 1170. The van der Waals surface area contributed by atoms with Crippen molar-refractivity contribution in [3.63, 3.8) is 0 Å². The third-order valence-corrected chi connectivity index (χ3v) is 6.14. The standard InChI is InChI=1S/C27H28N2O6/c1-33-22-14-12-18(13-15-22)24(25(30)28-20-8-3-4-9-20)29(26(31)23-11-6-16-35-23)21-10-5-7-19(17-21)27(32)34-2/h5-7,10-17,20,24H,3-4,8-9H2,1-2H3,(H,28,30). The smallest absolute Gasteiger partial charge is 0.337 e. The van der Waals surface area contributed by atoms with Gasteiger partial charge in [0.2, 0.25) is 5.91 Å². The molecule has 1 N–H and O–H groups in total. The fourth-order valence-corrected chi connectivity index (χ4v) is 4.36. The highest BCUT2D eigenvalue weighted by molar-refractivity contribution is 6.09. The summed E-state index contributed by atoms with van der Waals surface area (Å²) in [6.45, 7) is 0. The third kappa shape index (κ3) is 5.37. The predicted molar refractivity (Wildman–Crippen MR) is 129 cm³/mol. The lowest BCUT2D eigenvalue weighted by Gasteiger charge is -2.32. The number of ether oxygens (including phenoxy) is 2. The van der Waals surface area contributed by atoms with Crippen molar-refractivity contribution >= 4 is 23.5 Å². The first-order valence-electron chi connectivity index (χ1n) is 11.5. The van der Waals surface area contributed by atoms with Crippen LogP contribution in [0.25, 0.3) is 0 Å². The van der Waals surface area contributed by atoms with Crippen molar-refractivity contribution in [2.24, 2.45) is 0 Å². The number of carbonyl (C=O) groups excluding carboxylic acids is 3. The minimum atomic E-state index is -1.02. The molecule has 0 spiro atoms. The molecule has 1 saturated carbocycles. The monoisotopic (exact) mass is 476 g/mol. The Kier molecular flexibility index (Phi) is 7.50. The summed E-state index contributed by atoms with van der Waals surface area (Å²) in [4.78, 5) is 41.1. The van der Waals surface area contributed by atoms with E-state index in [2.05, 4.69) is 5.32 Å². The normalized spacial score (nSPS) is 14.2. The van der Waals surface area contributed by atoms with Crippen molar-refractivity contribution in [3.05, 3.63) is 83.8 Å². The van der Waals surface area contributed by atoms with Gasteiger partial charge in [-0.15, -0.1) is 0 Å². The van der Waals surface area contributed by atoms with E-state index in [9.17, 15) is 14.4 Å². The molecular weight excluding hydrogens is 448 g/mol. The third-order valence-electron chi connectivity index (χ3n) is 6.14. The lowest BCUT2D eigenvalue weighted by atomic mass is 10.0. The van der Waals surface area contributed by atoms with E-state index in [0.29, 0.717) is 17.0 Å². The molecule has 4 rings (SSSR count).